The Labute approximate surface area is 186 Å². The minimum atomic E-state index is -0.852. The van der Waals surface area contributed by atoms with Crippen LogP contribution in [0.25, 0.3) is 0 Å². The second-order valence-electron chi connectivity index (χ2n) is 12.4. The molecule has 1 heterocycles. The second-order valence-corrected chi connectivity index (χ2v) is 12.4. The van der Waals surface area contributed by atoms with Crippen molar-refractivity contribution < 1.29 is 19.3 Å². The molecule has 4 saturated carbocycles. The first kappa shape index (κ1) is 20.4. The molecule has 4 fully saturated rings. The fourth-order valence-corrected chi connectivity index (χ4v) is 9.12. The van der Waals surface area contributed by atoms with E-state index in [4.69, 9.17) is 14.2 Å². The van der Waals surface area contributed by atoms with Crippen molar-refractivity contribution in [2.45, 2.75) is 95.4 Å². The molecule has 31 heavy (non-hydrogen) atoms. The SMILES string of the molecule is COc1ccc2c3c1O[C@H]1[C@@]4(OC)CCC5(C[C@@H]4C(C)(O)C(C)(C)C)[C@H](CCC[C@]315)C2. The van der Waals surface area contributed by atoms with Crippen molar-refractivity contribution in [3.63, 3.8) is 0 Å². The standard InChI is InChI=1S/C27H38O4/c1-23(2,3)24(4,28)19-15-25-12-13-27(19,30-6)22-26(25)11-7-8-17(25)14-16-9-10-18(29-5)21(31-22)20(16)26/h9-10,17,19,22,28H,7-8,11-15H2,1-6H3/t17-,19-,22-,24?,25?,26+,27-/m1/s1. The summed E-state index contributed by atoms with van der Waals surface area (Å²) in [5.41, 5.74) is 1.48. The zero-order chi connectivity index (χ0) is 22.0. The summed E-state index contributed by atoms with van der Waals surface area (Å²) in [4.78, 5) is 0. The Morgan fingerprint density at radius 2 is 1.87 bits per heavy atom. The summed E-state index contributed by atoms with van der Waals surface area (Å²) in [6.07, 6.45) is 7.96. The maximum atomic E-state index is 12.1. The first-order chi connectivity index (χ1) is 14.6. The zero-order valence-electron chi connectivity index (χ0n) is 20.0. The van der Waals surface area contributed by atoms with Crippen molar-refractivity contribution in [1.29, 1.82) is 0 Å². The van der Waals surface area contributed by atoms with Gasteiger partial charge in [0.15, 0.2) is 11.5 Å². The van der Waals surface area contributed by atoms with Crippen LogP contribution in [-0.2, 0) is 16.6 Å². The lowest BCUT2D eigenvalue weighted by Gasteiger charge is -2.74. The lowest BCUT2D eigenvalue weighted by Crippen LogP contribution is -2.80. The Kier molecular flexibility index (Phi) is 3.81. The summed E-state index contributed by atoms with van der Waals surface area (Å²) in [5.74, 6) is 2.52. The summed E-state index contributed by atoms with van der Waals surface area (Å²) in [6.45, 7) is 8.55. The number of aliphatic hydroxyl groups is 1. The molecule has 7 rings (SSSR count). The quantitative estimate of drug-likeness (QED) is 0.736. The third kappa shape index (κ3) is 1.99. The van der Waals surface area contributed by atoms with E-state index in [9.17, 15) is 5.11 Å². The normalized spacial score (nSPS) is 43.8. The summed E-state index contributed by atoms with van der Waals surface area (Å²) in [5, 5.41) is 12.1. The van der Waals surface area contributed by atoms with E-state index >= 15 is 0 Å². The first-order valence-corrected chi connectivity index (χ1v) is 12.2. The zero-order valence-corrected chi connectivity index (χ0v) is 20.0. The molecule has 1 aliphatic heterocycles. The largest absolute Gasteiger partial charge is 0.493 e. The highest BCUT2D eigenvalue weighted by Gasteiger charge is 2.81. The fourth-order valence-electron chi connectivity index (χ4n) is 9.12. The molecular weight excluding hydrogens is 388 g/mol. The van der Waals surface area contributed by atoms with Crippen LogP contribution in [0.1, 0.15) is 77.3 Å². The lowest BCUT2D eigenvalue weighted by molar-refractivity contribution is -0.309. The average molecular weight is 427 g/mol. The molecule has 7 atom stereocenters. The maximum Gasteiger partial charge on any atom is 0.165 e. The number of hydrogen-bond acceptors (Lipinski definition) is 4. The van der Waals surface area contributed by atoms with Gasteiger partial charge in [0, 0.05) is 24.0 Å². The molecule has 1 aromatic carbocycles. The minimum absolute atomic E-state index is 0.00784. The van der Waals surface area contributed by atoms with Crippen molar-refractivity contribution in [2.24, 2.45) is 22.7 Å². The Morgan fingerprint density at radius 3 is 2.55 bits per heavy atom. The number of hydrogen-bond donors (Lipinski definition) is 1. The van der Waals surface area contributed by atoms with Gasteiger partial charge < -0.3 is 19.3 Å². The van der Waals surface area contributed by atoms with Gasteiger partial charge in [0.1, 0.15) is 11.7 Å². The number of fused-ring (bicyclic) bond motifs is 2. The summed E-state index contributed by atoms with van der Waals surface area (Å²) < 4.78 is 19.3. The van der Waals surface area contributed by atoms with E-state index in [1.54, 1.807) is 7.11 Å². The van der Waals surface area contributed by atoms with Crippen LogP contribution in [0.15, 0.2) is 12.1 Å². The molecule has 4 bridgehead atoms. The Balaban J connectivity index is 1.64. The molecule has 0 aromatic heterocycles. The van der Waals surface area contributed by atoms with Gasteiger partial charge in [0.2, 0.25) is 0 Å². The van der Waals surface area contributed by atoms with Crippen LogP contribution < -0.4 is 9.47 Å². The molecule has 0 radical (unpaired) electrons. The Morgan fingerprint density at radius 1 is 1.10 bits per heavy atom. The maximum absolute atomic E-state index is 12.1. The van der Waals surface area contributed by atoms with Crippen molar-refractivity contribution >= 4 is 0 Å². The van der Waals surface area contributed by atoms with Crippen LogP contribution in [0.3, 0.4) is 0 Å². The molecule has 2 unspecified atom stereocenters. The highest BCUT2D eigenvalue weighted by Crippen LogP contribution is 2.79. The molecule has 1 N–H and O–H groups in total. The summed E-state index contributed by atoms with van der Waals surface area (Å²) in [6, 6.07) is 4.39. The molecule has 6 aliphatic rings. The van der Waals surface area contributed by atoms with E-state index in [2.05, 4.69) is 39.8 Å². The van der Waals surface area contributed by atoms with E-state index in [-0.39, 0.29) is 28.3 Å². The molecule has 1 aromatic rings. The summed E-state index contributed by atoms with van der Waals surface area (Å²) >= 11 is 0. The van der Waals surface area contributed by atoms with Crippen LogP contribution in [0.4, 0.5) is 0 Å². The van der Waals surface area contributed by atoms with Gasteiger partial charge in [-0.05, 0) is 73.8 Å². The molecule has 2 spiro atoms. The van der Waals surface area contributed by atoms with Crippen molar-refractivity contribution in [2.75, 3.05) is 14.2 Å². The van der Waals surface area contributed by atoms with Gasteiger partial charge in [-0.2, -0.15) is 0 Å². The van der Waals surface area contributed by atoms with Crippen LogP contribution in [-0.4, -0.2) is 36.6 Å². The number of rotatable bonds is 3. The second kappa shape index (κ2) is 5.80. The van der Waals surface area contributed by atoms with Gasteiger partial charge in [0.25, 0.3) is 0 Å². The van der Waals surface area contributed by atoms with Gasteiger partial charge >= 0.3 is 0 Å². The number of methoxy groups -OCH3 is 2. The van der Waals surface area contributed by atoms with E-state index in [1.165, 1.54) is 30.4 Å². The van der Waals surface area contributed by atoms with E-state index in [1.807, 2.05) is 7.11 Å². The minimum Gasteiger partial charge on any atom is -0.493 e. The van der Waals surface area contributed by atoms with Crippen LogP contribution in [0, 0.1) is 22.7 Å². The smallest absolute Gasteiger partial charge is 0.165 e. The van der Waals surface area contributed by atoms with Crippen molar-refractivity contribution in [1.82, 2.24) is 0 Å². The average Bonchev–Trinajstić information content (AvgIpc) is 3.09. The monoisotopic (exact) mass is 426 g/mol. The summed E-state index contributed by atoms with van der Waals surface area (Å²) in [7, 11) is 3.60. The van der Waals surface area contributed by atoms with Gasteiger partial charge in [-0.3, -0.25) is 0 Å². The van der Waals surface area contributed by atoms with Gasteiger partial charge in [-0.15, -0.1) is 0 Å². The Hall–Kier alpha value is -1.26. The topological polar surface area (TPSA) is 47.9 Å². The highest BCUT2D eigenvalue weighted by atomic mass is 16.6. The predicted octanol–water partition coefficient (Wildman–Crippen LogP) is 5.03. The molecule has 0 amide bonds. The molecule has 4 nitrogen and oxygen atoms in total. The molecule has 5 aliphatic carbocycles. The van der Waals surface area contributed by atoms with Crippen molar-refractivity contribution in [3.8, 4) is 11.5 Å². The highest BCUT2D eigenvalue weighted by molar-refractivity contribution is 5.63. The van der Waals surface area contributed by atoms with E-state index in [0.717, 1.165) is 37.2 Å². The number of ether oxygens (including phenoxy) is 3. The van der Waals surface area contributed by atoms with Gasteiger partial charge in [-0.25, -0.2) is 0 Å². The molecule has 4 heteroatoms. The predicted molar refractivity (Wildman–Crippen MR) is 120 cm³/mol. The van der Waals surface area contributed by atoms with E-state index in [0.29, 0.717) is 5.92 Å². The number of benzene rings is 1. The molecule has 0 saturated heterocycles. The third-order valence-electron chi connectivity index (χ3n) is 11.0. The fraction of sp³-hybridized carbons (Fsp3) is 0.778. The van der Waals surface area contributed by atoms with Crippen LogP contribution in [0.5, 0.6) is 11.5 Å². The Bertz CT molecular complexity index is 945. The third-order valence-corrected chi connectivity index (χ3v) is 11.0. The van der Waals surface area contributed by atoms with Crippen LogP contribution in [0.2, 0.25) is 0 Å². The van der Waals surface area contributed by atoms with Crippen LogP contribution >= 0.6 is 0 Å². The molecule has 170 valence electrons. The lowest BCUT2D eigenvalue weighted by atomic mass is 9.31. The van der Waals surface area contributed by atoms with Gasteiger partial charge in [0.05, 0.1) is 12.7 Å². The molecular formula is C27H38O4. The first-order valence-electron chi connectivity index (χ1n) is 12.2. The van der Waals surface area contributed by atoms with E-state index < -0.39 is 11.2 Å². The van der Waals surface area contributed by atoms with Gasteiger partial charge in [-0.1, -0.05) is 33.3 Å². The van der Waals surface area contributed by atoms with Crippen molar-refractivity contribution in [3.05, 3.63) is 23.3 Å².